The normalized spacial score (nSPS) is 11.3. The Bertz CT molecular complexity index is 2450. The lowest BCUT2D eigenvalue weighted by atomic mass is 9.87. The predicted octanol–water partition coefficient (Wildman–Crippen LogP) is 8.65. The first-order chi connectivity index (χ1) is 23.4. The first kappa shape index (κ1) is 29.0. The van der Waals surface area contributed by atoms with Gasteiger partial charge in [-0.2, -0.15) is 0 Å². The summed E-state index contributed by atoms with van der Waals surface area (Å²) in [6.45, 7) is 4.21. The van der Waals surface area contributed by atoms with Crippen molar-refractivity contribution in [2.24, 2.45) is 0 Å². The minimum Gasteiger partial charge on any atom is -0.269 e. The Morgan fingerprint density at radius 3 is 1.35 bits per heavy atom. The van der Waals surface area contributed by atoms with Crippen molar-refractivity contribution in [2.75, 3.05) is 0 Å². The van der Waals surface area contributed by atoms with Gasteiger partial charge in [-0.25, -0.2) is 9.97 Å². The second kappa shape index (κ2) is 11.8. The molecule has 0 saturated carbocycles. The van der Waals surface area contributed by atoms with Crippen LogP contribution in [0.15, 0.2) is 155 Å². The molecule has 0 aliphatic carbocycles. The third-order valence-electron chi connectivity index (χ3n) is 8.67. The Morgan fingerprint density at radius 1 is 0.438 bits per heavy atom. The summed E-state index contributed by atoms with van der Waals surface area (Å²) in [5, 5.41) is 0. The third-order valence-corrected chi connectivity index (χ3v) is 8.67. The molecule has 0 spiro atoms. The molecule has 0 amide bonds. The molecule has 6 heteroatoms. The third kappa shape index (κ3) is 5.29. The molecule has 0 unspecified atom stereocenters. The van der Waals surface area contributed by atoms with Crippen molar-refractivity contribution in [1.82, 2.24) is 18.8 Å². The number of hydrogen-bond acceptors (Lipinski definition) is 4. The van der Waals surface area contributed by atoms with E-state index in [0.717, 1.165) is 55.6 Å². The molecule has 0 fully saturated rings. The number of aryl methyl sites for hydroxylation is 2. The molecule has 8 rings (SSSR count). The van der Waals surface area contributed by atoms with Gasteiger partial charge in [-0.1, -0.05) is 108 Å². The van der Waals surface area contributed by atoms with Gasteiger partial charge in [0.2, 0.25) is 0 Å². The quantitative estimate of drug-likeness (QED) is 0.193. The molecule has 0 bridgehead atoms. The van der Waals surface area contributed by atoms with E-state index in [9.17, 15) is 9.59 Å². The van der Waals surface area contributed by atoms with E-state index in [0.29, 0.717) is 22.7 Å². The molecule has 230 valence electrons. The number of rotatable bonds is 5. The standard InChI is InChI=1S/C42H30N4O2/c1-27-20-28(2)22-33(21-27)42-34(31-16-18-45-38(23-31)43-36(25-40(45)47)29-10-5-3-6-11-29)14-9-15-35(42)32-17-19-46-39(24-32)44-37(26-41(46)48)30-12-7-4-8-13-30/h3-26H,1-2H3. The Balaban J connectivity index is 1.35. The Kier molecular flexibility index (Phi) is 7.11. The van der Waals surface area contributed by atoms with Crippen LogP contribution in [0.3, 0.4) is 0 Å². The summed E-state index contributed by atoms with van der Waals surface area (Å²) in [4.78, 5) is 36.1. The maximum Gasteiger partial charge on any atom is 0.258 e. The number of pyridine rings is 2. The van der Waals surface area contributed by atoms with Crippen LogP contribution in [-0.4, -0.2) is 18.8 Å². The van der Waals surface area contributed by atoms with Gasteiger partial charge in [0, 0.05) is 35.7 Å². The van der Waals surface area contributed by atoms with Gasteiger partial charge in [0.1, 0.15) is 11.3 Å². The number of nitrogens with zero attached hydrogens (tertiary/aromatic N) is 4. The van der Waals surface area contributed by atoms with Crippen LogP contribution in [0.2, 0.25) is 0 Å². The highest BCUT2D eigenvalue weighted by molar-refractivity contribution is 5.95. The van der Waals surface area contributed by atoms with Crippen molar-refractivity contribution in [1.29, 1.82) is 0 Å². The molecule has 0 N–H and O–H groups in total. The van der Waals surface area contributed by atoms with Crippen molar-refractivity contribution >= 4 is 11.3 Å². The van der Waals surface area contributed by atoms with E-state index in [1.165, 1.54) is 0 Å². The molecule has 6 nitrogen and oxygen atoms in total. The van der Waals surface area contributed by atoms with E-state index in [2.05, 4.69) is 44.2 Å². The number of aromatic nitrogens is 4. The zero-order valence-electron chi connectivity index (χ0n) is 26.5. The van der Waals surface area contributed by atoms with Crippen LogP contribution in [0.25, 0.3) is 67.2 Å². The molecule has 0 atom stereocenters. The van der Waals surface area contributed by atoms with E-state index in [4.69, 9.17) is 9.97 Å². The van der Waals surface area contributed by atoms with Crippen LogP contribution < -0.4 is 11.1 Å². The van der Waals surface area contributed by atoms with Crippen LogP contribution in [0.1, 0.15) is 11.1 Å². The number of benzene rings is 4. The first-order valence-corrected chi connectivity index (χ1v) is 15.8. The van der Waals surface area contributed by atoms with Gasteiger partial charge in [0.15, 0.2) is 0 Å². The number of hydrogen-bond donors (Lipinski definition) is 0. The smallest absolute Gasteiger partial charge is 0.258 e. The van der Waals surface area contributed by atoms with Crippen molar-refractivity contribution < 1.29 is 0 Å². The molecule has 0 radical (unpaired) electrons. The summed E-state index contributed by atoms with van der Waals surface area (Å²) in [6.07, 6.45) is 3.59. The lowest BCUT2D eigenvalue weighted by Gasteiger charge is -2.18. The second-order valence-electron chi connectivity index (χ2n) is 12.1. The topological polar surface area (TPSA) is 68.7 Å². The highest BCUT2D eigenvalue weighted by Crippen LogP contribution is 2.41. The average Bonchev–Trinajstić information content (AvgIpc) is 3.11. The minimum absolute atomic E-state index is 0.137. The fourth-order valence-corrected chi connectivity index (χ4v) is 6.52. The van der Waals surface area contributed by atoms with Gasteiger partial charge in [0.25, 0.3) is 11.1 Å². The van der Waals surface area contributed by atoms with Crippen LogP contribution in [0, 0.1) is 13.8 Å². The van der Waals surface area contributed by atoms with Crippen LogP contribution in [0.4, 0.5) is 0 Å². The van der Waals surface area contributed by atoms with E-state index in [1.54, 1.807) is 33.3 Å². The van der Waals surface area contributed by atoms with Gasteiger partial charge in [-0.3, -0.25) is 18.4 Å². The summed E-state index contributed by atoms with van der Waals surface area (Å²) in [6, 6.07) is 43.4. The minimum atomic E-state index is -0.137. The second-order valence-corrected chi connectivity index (χ2v) is 12.1. The first-order valence-electron chi connectivity index (χ1n) is 15.8. The molecule has 4 heterocycles. The molecular weight excluding hydrogens is 592 g/mol. The van der Waals surface area contributed by atoms with Gasteiger partial charge in [0.05, 0.1) is 11.4 Å². The monoisotopic (exact) mass is 622 g/mol. The van der Waals surface area contributed by atoms with E-state index in [-0.39, 0.29) is 11.1 Å². The summed E-state index contributed by atoms with van der Waals surface area (Å²) in [5.41, 5.74) is 12.2. The summed E-state index contributed by atoms with van der Waals surface area (Å²) < 4.78 is 3.15. The Morgan fingerprint density at radius 2 is 0.896 bits per heavy atom. The lowest BCUT2D eigenvalue weighted by molar-refractivity contribution is 1.05. The van der Waals surface area contributed by atoms with Crippen molar-refractivity contribution in [2.45, 2.75) is 13.8 Å². The Hall–Kier alpha value is -6.40. The van der Waals surface area contributed by atoms with E-state index >= 15 is 0 Å². The van der Waals surface area contributed by atoms with Gasteiger partial charge in [-0.05, 0) is 71.5 Å². The summed E-state index contributed by atoms with van der Waals surface area (Å²) in [7, 11) is 0. The van der Waals surface area contributed by atoms with Crippen molar-refractivity contribution in [3.8, 4) is 55.9 Å². The van der Waals surface area contributed by atoms with Gasteiger partial charge < -0.3 is 0 Å². The van der Waals surface area contributed by atoms with E-state index in [1.807, 2.05) is 91.0 Å². The molecule has 4 aromatic heterocycles. The van der Waals surface area contributed by atoms with E-state index < -0.39 is 0 Å². The molecule has 0 aliphatic rings. The molecule has 4 aromatic carbocycles. The van der Waals surface area contributed by atoms with Crippen LogP contribution in [0.5, 0.6) is 0 Å². The van der Waals surface area contributed by atoms with Gasteiger partial charge >= 0.3 is 0 Å². The molecule has 0 saturated heterocycles. The molecule has 48 heavy (non-hydrogen) atoms. The highest BCUT2D eigenvalue weighted by Gasteiger charge is 2.17. The Labute approximate surface area is 276 Å². The maximum atomic E-state index is 13.2. The van der Waals surface area contributed by atoms with Crippen LogP contribution in [-0.2, 0) is 0 Å². The largest absolute Gasteiger partial charge is 0.269 e. The van der Waals surface area contributed by atoms with Gasteiger partial charge in [-0.15, -0.1) is 0 Å². The fourth-order valence-electron chi connectivity index (χ4n) is 6.52. The van der Waals surface area contributed by atoms with Crippen molar-refractivity contribution in [3.05, 3.63) is 178 Å². The summed E-state index contributed by atoms with van der Waals surface area (Å²) in [5.74, 6) is 0. The maximum absolute atomic E-state index is 13.2. The fraction of sp³-hybridized carbons (Fsp3) is 0.0476. The number of fused-ring (bicyclic) bond motifs is 2. The zero-order valence-corrected chi connectivity index (χ0v) is 26.5. The van der Waals surface area contributed by atoms with Crippen molar-refractivity contribution in [3.63, 3.8) is 0 Å². The lowest BCUT2D eigenvalue weighted by Crippen LogP contribution is -2.14. The predicted molar refractivity (Wildman–Crippen MR) is 193 cm³/mol. The average molecular weight is 623 g/mol. The molecular formula is C42H30N4O2. The molecule has 0 aliphatic heterocycles. The van der Waals surface area contributed by atoms with Crippen LogP contribution >= 0.6 is 0 Å². The summed E-state index contributed by atoms with van der Waals surface area (Å²) >= 11 is 0. The SMILES string of the molecule is Cc1cc(C)cc(-c2c(-c3ccn4c(=O)cc(-c5ccccc5)nc4c3)cccc2-c2ccn3c(=O)cc(-c4ccccc4)nc3c2)c1. The highest BCUT2D eigenvalue weighted by atomic mass is 16.1. The molecule has 8 aromatic rings. The zero-order chi connectivity index (χ0) is 32.8.